The van der Waals surface area contributed by atoms with E-state index >= 15 is 0 Å². The summed E-state index contributed by atoms with van der Waals surface area (Å²) in [7, 11) is 5.67. The quantitative estimate of drug-likeness (QED) is 0.343. The third kappa shape index (κ3) is 5.13. The topological polar surface area (TPSA) is 102 Å². The third-order valence-electron chi connectivity index (χ3n) is 7.94. The number of aldehydes is 2. The number of carbonyl (C=O) groups is 2. The zero-order valence-corrected chi connectivity index (χ0v) is 24.3. The van der Waals surface area contributed by atoms with Crippen LogP contribution in [0.5, 0.6) is 0 Å². The molecule has 8 nitrogen and oxygen atoms in total. The van der Waals surface area contributed by atoms with Crippen molar-refractivity contribution in [2.75, 3.05) is 21.2 Å². The highest BCUT2D eigenvalue weighted by Crippen LogP contribution is 2.46. The van der Waals surface area contributed by atoms with Crippen LogP contribution in [0.4, 0.5) is 4.39 Å². The van der Waals surface area contributed by atoms with Crippen molar-refractivity contribution in [3.63, 3.8) is 0 Å². The molecule has 40 heavy (non-hydrogen) atoms. The summed E-state index contributed by atoms with van der Waals surface area (Å²) in [6, 6.07) is 3.60. The summed E-state index contributed by atoms with van der Waals surface area (Å²) in [5.41, 5.74) is 5.84. The van der Waals surface area contributed by atoms with E-state index in [1.807, 2.05) is 19.9 Å². The number of hydrogen-bond donors (Lipinski definition) is 1. The van der Waals surface area contributed by atoms with Crippen LogP contribution in [-0.4, -0.2) is 58.9 Å². The molecule has 9 heteroatoms. The van der Waals surface area contributed by atoms with Gasteiger partial charge in [0.1, 0.15) is 17.7 Å². The van der Waals surface area contributed by atoms with Gasteiger partial charge in [-0.25, -0.2) is 9.37 Å². The Kier molecular flexibility index (Phi) is 8.40. The summed E-state index contributed by atoms with van der Waals surface area (Å²) in [6.07, 6.45) is 3.65. The molecule has 1 aliphatic carbocycles. The molecule has 3 heterocycles. The van der Waals surface area contributed by atoms with Gasteiger partial charge < -0.3 is 28.9 Å². The number of nitrogens with zero attached hydrogens (tertiary/aromatic N) is 3. The molecule has 1 aliphatic heterocycles. The van der Waals surface area contributed by atoms with E-state index in [2.05, 4.69) is 19.0 Å². The molecular formula is C31H38FN3O5. The summed E-state index contributed by atoms with van der Waals surface area (Å²) < 4.78 is 21.9. The normalized spacial score (nSPS) is 16.3. The molecule has 214 valence electrons. The van der Waals surface area contributed by atoms with Gasteiger partial charge in [0.2, 0.25) is 0 Å². The first-order valence-corrected chi connectivity index (χ1v) is 13.6. The van der Waals surface area contributed by atoms with Crippen LogP contribution in [0.3, 0.4) is 0 Å². The van der Waals surface area contributed by atoms with Gasteiger partial charge in [-0.1, -0.05) is 6.92 Å². The zero-order chi connectivity index (χ0) is 29.5. The third-order valence-corrected chi connectivity index (χ3v) is 7.94. The smallest absolute Gasteiger partial charge is 0.257 e. The van der Waals surface area contributed by atoms with E-state index in [4.69, 9.17) is 14.8 Å². The second-order valence-corrected chi connectivity index (χ2v) is 11.4. The van der Waals surface area contributed by atoms with E-state index in [1.165, 1.54) is 19.9 Å². The fourth-order valence-corrected chi connectivity index (χ4v) is 5.86. The molecule has 0 amide bonds. The lowest BCUT2D eigenvalue weighted by Crippen LogP contribution is -2.27. The Morgan fingerprint density at radius 2 is 1.95 bits per heavy atom. The molecule has 0 saturated carbocycles. The maximum Gasteiger partial charge on any atom is 0.257 e. The number of ether oxygens (including phenoxy) is 1. The minimum atomic E-state index is -1.14. The van der Waals surface area contributed by atoms with Crippen molar-refractivity contribution < 1.29 is 23.8 Å². The Balaban J connectivity index is 0.000000557. The van der Waals surface area contributed by atoms with Gasteiger partial charge in [0, 0.05) is 41.6 Å². The average molecular weight is 552 g/mol. The number of pyridine rings is 2. The van der Waals surface area contributed by atoms with Crippen LogP contribution in [0.25, 0.3) is 22.3 Å². The Morgan fingerprint density at radius 3 is 2.50 bits per heavy atom. The number of fused-ring (bicyclic) bond motifs is 4. The molecule has 5 rings (SSSR count). The molecule has 3 aromatic rings. The van der Waals surface area contributed by atoms with Crippen molar-refractivity contribution in [2.24, 2.45) is 0 Å². The summed E-state index contributed by atoms with van der Waals surface area (Å²) in [5, 5.41) is 9.49. The van der Waals surface area contributed by atoms with Gasteiger partial charge in [-0.3, -0.25) is 4.79 Å². The first-order valence-electron chi connectivity index (χ1n) is 13.6. The number of hydrogen-bond acceptors (Lipinski definition) is 7. The van der Waals surface area contributed by atoms with Gasteiger partial charge in [0.25, 0.3) is 5.56 Å². The van der Waals surface area contributed by atoms with Crippen molar-refractivity contribution in [1.29, 1.82) is 0 Å². The number of halogens is 1. The predicted molar refractivity (Wildman–Crippen MR) is 152 cm³/mol. The maximum absolute atomic E-state index is 14.9. The lowest BCUT2D eigenvalue weighted by molar-refractivity contribution is -0.120. The van der Waals surface area contributed by atoms with Crippen LogP contribution in [0.2, 0.25) is 0 Å². The zero-order valence-electron chi connectivity index (χ0n) is 24.3. The minimum Gasteiger partial charge on any atom is -0.383 e. The van der Waals surface area contributed by atoms with Crippen LogP contribution >= 0.6 is 0 Å². The molecule has 0 bridgehead atoms. The summed E-state index contributed by atoms with van der Waals surface area (Å²) >= 11 is 0. The molecule has 1 N–H and O–H groups in total. The van der Waals surface area contributed by atoms with Crippen LogP contribution in [0.15, 0.2) is 16.9 Å². The number of aryl methyl sites for hydroxylation is 1. The molecule has 2 aromatic heterocycles. The number of benzene rings is 1. The monoisotopic (exact) mass is 551 g/mol. The lowest BCUT2D eigenvalue weighted by Gasteiger charge is -2.33. The highest BCUT2D eigenvalue weighted by Gasteiger charge is 2.35. The van der Waals surface area contributed by atoms with Crippen LogP contribution in [-0.2, 0) is 33.9 Å². The second-order valence-electron chi connectivity index (χ2n) is 11.4. The minimum absolute atomic E-state index is 0.145. The average Bonchev–Trinajstić information content (AvgIpc) is 3.28. The van der Waals surface area contributed by atoms with Gasteiger partial charge in [0.05, 0.1) is 30.1 Å². The van der Waals surface area contributed by atoms with E-state index in [0.29, 0.717) is 52.8 Å². The molecule has 0 saturated heterocycles. The van der Waals surface area contributed by atoms with E-state index < -0.39 is 11.5 Å². The van der Waals surface area contributed by atoms with Crippen molar-refractivity contribution >= 4 is 23.5 Å². The molecule has 2 atom stereocenters. The first-order chi connectivity index (χ1) is 18.9. The second kappa shape index (κ2) is 11.3. The Labute approximate surface area is 233 Å². The molecule has 0 spiro atoms. The fourth-order valence-electron chi connectivity index (χ4n) is 5.86. The molecule has 1 aromatic carbocycles. The number of methoxy groups -OCH3 is 1. The molecule has 0 radical (unpaired) electrons. The number of rotatable bonds is 7. The number of aliphatic hydroxyl groups is 1. The maximum atomic E-state index is 14.9. The van der Waals surface area contributed by atoms with Crippen molar-refractivity contribution in [3.8, 4) is 11.4 Å². The fraction of sp³-hybridized carbons (Fsp3) is 0.484. The summed E-state index contributed by atoms with van der Waals surface area (Å²) in [5.74, 6) is -0.643. The van der Waals surface area contributed by atoms with Crippen molar-refractivity contribution in [1.82, 2.24) is 14.5 Å². The SMILES string of the molecule is CC(C)(O)C=O.CCC(C=O)c1cc2n(c(=O)c1COC)Cc1c-2nc2cc(F)c(C)c3c2c1C(N(C)C)CC3. The van der Waals surface area contributed by atoms with Crippen LogP contribution < -0.4 is 5.56 Å². The molecule has 0 fully saturated rings. The van der Waals surface area contributed by atoms with Gasteiger partial charge in [-0.05, 0) is 82.4 Å². The van der Waals surface area contributed by atoms with Crippen molar-refractivity contribution in [2.45, 2.75) is 77.7 Å². The summed E-state index contributed by atoms with van der Waals surface area (Å²) in [4.78, 5) is 42.2. The van der Waals surface area contributed by atoms with E-state index in [0.717, 1.165) is 41.2 Å². The van der Waals surface area contributed by atoms with E-state index in [9.17, 15) is 18.8 Å². The Bertz CT molecular complexity index is 1540. The highest BCUT2D eigenvalue weighted by molar-refractivity contribution is 5.93. The largest absolute Gasteiger partial charge is 0.383 e. The standard InChI is InChI=1S/C27H30FN3O3.C4H8O2/c1-6-15(12-32)17-9-23-26-18(11-31(23)27(33)19(17)13-34-5)25-22(30(3)4)8-7-16-14(2)20(28)10-21(29-26)24(16)25;1-4(2,6)3-5/h9-10,12,15,22H,6-8,11,13H2,1-5H3;3,6H,1-2H3. The van der Waals surface area contributed by atoms with E-state index in [1.54, 1.807) is 11.7 Å². The molecular weight excluding hydrogens is 513 g/mol. The van der Waals surface area contributed by atoms with E-state index in [-0.39, 0.29) is 24.0 Å². The van der Waals surface area contributed by atoms with Crippen LogP contribution in [0.1, 0.15) is 79.0 Å². The number of carbonyl (C=O) groups excluding carboxylic acids is 2. The number of aromatic nitrogens is 2. The van der Waals surface area contributed by atoms with Gasteiger partial charge in [-0.2, -0.15) is 0 Å². The lowest BCUT2D eigenvalue weighted by atomic mass is 9.81. The van der Waals surface area contributed by atoms with Crippen LogP contribution in [0, 0.1) is 12.7 Å². The molecule has 2 aliphatic rings. The molecule has 2 unspecified atom stereocenters. The van der Waals surface area contributed by atoms with Crippen molar-refractivity contribution in [3.05, 3.63) is 61.7 Å². The highest BCUT2D eigenvalue weighted by atomic mass is 19.1. The Hall–Kier alpha value is -3.27. The van der Waals surface area contributed by atoms with Gasteiger partial charge >= 0.3 is 0 Å². The first kappa shape index (κ1) is 29.7. The van der Waals surface area contributed by atoms with Gasteiger partial charge in [0.15, 0.2) is 6.29 Å². The summed E-state index contributed by atoms with van der Waals surface area (Å²) in [6.45, 7) is 7.19. The Morgan fingerprint density at radius 1 is 1.27 bits per heavy atom. The predicted octanol–water partition coefficient (Wildman–Crippen LogP) is 4.22. The van der Waals surface area contributed by atoms with Gasteiger partial charge in [-0.15, -0.1) is 0 Å².